The van der Waals surface area contributed by atoms with Gasteiger partial charge in [0.1, 0.15) is 0 Å². The van der Waals surface area contributed by atoms with E-state index in [0.29, 0.717) is 24.9 Å². The summed E-state index contributed by atoms with van der Waals surface area (Å²) in [5.41, 5.74) is 2.81. The molecule has 2 aromatic rings. The van der Waals surface area contributed by atoms with Crippen LogP contribution in [0.1, 0.15) is 50.7 Å². The van der Waals surface area contributed by atoms with Gasteiger partial charge in [-0.15, -0.1) is 0 Å². The minimum absolute atomic E-state index is 0. The van der Waals surface area contributed by atoms with Crippen LogP contribution in [0, 0.1) is 5.92 Å². The predicted octanol–water partition coefficient (Wildman–Crippen LogP) is 5.12. The number of carbonyl (C=O) groups is 1. The highest BCUT2D eigenvalue weighted by atomic mass is 16.5. The molecule has 3 nitrogen and oxygen atoms in total. The van der Waals surface area contributed by atoms with Crippen molar-refractivity contribution in [1.82, 2.24) is 4.90 Å². The first-order valence-electron chi connectivity index (χ1n) is 9.75. The first-order valence-corrected chi connectivity index (χ1v) is 9.75. The molecule has 1 heterocycles. The van der Waals surface area contributed by atoms with Crippen molar-refractivity contribution in [3.05, 3.63) is 71.8 Å². The second-order valence-corrected chi connectivity index (χ2v) is 7.03. The number of rotatable bonds is 7. The Kier molecular flexibility index (Phi) is 8.53. The lowest BCUT2D eigenvalue weighted by atomic mass is 9.76. The zero-order valence-electron chi connectivity index (χ0n) is 15.6. The third-order valence-electron chi connectivity index (χ3n) is 5.36. The fraction of sp³-hybridized carbons (Fsp3) is 0.458. The third-order valence-corrected chi connectivity index (χ3v) is 5.36. The van der Waals surface area contributed by atoms with Gasteiger partial charge in [0, 0.05) is 12.5 Å². The first-order chi connectivity index (χ1) is 12.8. The van der Waals surface area contributed by atoms with E-state index in [1.807, 2.05) is 6.92 Å². The summed E-state index contributed by atoms with van der Waals surface area (Å²) in [6, 6.07) is 21.7. The molecular weight excluding hydrogens is 334 g/mol. The minimum atomic E-state index is -0.0823. The number of nitrogens with zero attached hydrogens (tertiary/aromatic N) is 1. The van der Waals surface area contributed by atoms with Crippen LogP contribution in [-0.4, -0.2) is 37.1 Å². The Bertz CT molecular complexity index is 624. The van der Waals surface area contributed by atoms with Crippen LogP contribution in [0.25, 0.3) is 0 Å². The molecule has 1 fully saturated rings. The molecule has 1 aliphatic rings. The summed E-state index contributed by atoms with van der Waals surface area (Å²) >= 11 is 0. The highest BCUT2D eigenvalue weighted by Gasteiger charge is 2.28. The predicted molar refractivity (Wildman–Crippen MR) is 112 cm³/mol. The van der Waals surface area contributed by atoms with Gasteiger partial charge in [-0.25, -0.2) is 0 Å². The monoisotopic (exact) mass is 367 g/mol. The molecule has 0 saturated carbocycles. The average molecular weight is 368 g/mol. The van der Waals surface area contributed by atoms with Crippen LogP contribution in [0.5, 0.6) is 0 Å². The molecule has 0 bridgehead atoms. The van der Waals surface area contributed by atoms with Gasteiger partial charge in [-0.2, -0.15) is 0 Å². The van der Waals surface area contributed by atoms with E-state index in [1.54, 1.807) is 0 Å². The van der Waals surface area contributed by atoms with Crippen molar-refractivity contribution in [1.29, 1.82) is 0 Å². The number of hydrogen-bond acceptors (Lipinski definition) is 3. The van der Waals surface area contributed by atoms with Crippen molar-refractivity contribution in [3.63, 3.8) is 0 Å². The molecule has 0 radical (unpaired) electrons. The van der Waals surface area contributed by atoms with E-state index in [-0.39, 0.29) is 13.4 Å². The molecule has 27 heavy (non-hydrogen) atoms. The Balaban J connectivity index is 0.00000261. The van der Waals surface area contributed by atoms with Crippen molar-refractivity contribution in [3.8, 4) is 0 Å². The van der Waals surface area contributed by atoms with Gasteiger partial charge in [0.25, 0.3) is 0 Å². The van der Waals surface area contributed by atoms with E-state index in [2.05, 4.69) is 65.6 Å². The van der Waals surface area contributed by atoms with Gasteiger partial charge in [0.2, 0.25) is 0 Å². The molecule has 1 saturated heterocycles. The average Bonchev–Trinajstić information content (AvgIpc) is 2.69. The van der Waals surface area contributed by atoms with Gasteiger partial charge in [0.15, 0.2) is 0 Å². The van der Waals surface area contributed by atoms with Crippen molar-refractivity contribution in [2.45, 2.75) is 39.5 Å². The van der Waals surface area contributed by atoms with E-state index in [9.17, 15) is 4.79 Å². The van der Waals surface area contributed by atoms with Crippen LogP contribution < -0.4 is 0 Å². The highest BCUT2D eigenvalue weighted by Crippen LogP contribution is 2.37. The van der Waals surface area contributed by atoms with E-state index < -0.39 is 0 Å². The van der Waals surface area contributed by atoms with E-state index in [0.717, 1.165) is 32.5 Å². The topological polar surface area (TPSA) is 29.5 Å². The number of likely N-dealkylation sites (tertiary alicyclic amines) is 1. The van der Waals surface area contributed by atoms with Gasteiger partial charge in [-0.05, 0) is 49.9 Å². The SMILES string of the molecule is C.CCOC(=O)CCN1CCC(C(c2ccccc2)c2ccccc2)CC1. The Morgan fingerprint density at radius 2 is 1.52 bits per heavy atom. The van der Waals surface area contributed by atoms with Crippen LogP contribution in [0.3, 0.4) is 0 Å². The van der Waals surface area contributed by atoms with Crippen molar-refractivity contribution < 1.29 is 9.53 Å². The van der Waals surface area contributed by atoms with Crippen LogP contribution >= 0.6 is 0 Å². The van der Waals surface area contributed by atoms with Crippen LogP contribution in [0.2, 0.25) is 0 Å². The lowest BCUT2D eigenvalue weighted by molar-refractivity contribution is -0.143. The number of ether oxygens (including phenoxy) is 1. The maximum Gasteiger partial charge on any atom is 0.307 e. The number of esters is 1. The molecule has 1 aliphatic heterocycles. The van der Waals surface area contributed by atoms with Gasteiger partial charge in [-0.1, -0.05) is 68.1 Å². The zero-order chi connectivity index (χ0) is 18.2. The summed E-state index contributed by atoms with van der Waals surface area (Å²) in [4.78, 5) is 14.0. The second-order valence-electron chi connectivity index (χ2n) is 7.03. The van der Waals surface area contributed by atoms with Crippen molar-refractivity contribution in [2.75, 3.05) is 26.2 Å². The van der Waals surface area contributed by atoms with E-state index in [1.165, 1.54) is 11.1 Å². The third kappa shape index (κ3) is 5.93. The quantitative estimate of drug-likeness (QED) is 0.636. The molecule has 0 aromatic heterocycles. The molecule has 0 N–H and O–H groups in total. The van der Waals surface area contributed by atoms with Gasteiger partial charge in [0.05, 0.1) is 13.0 Å². The van der Waals surface area contributed by atoms with Crippen LogP contribution in [0.15, 0.2) is 60.7 Å². The summed E-state index contributed by atoms with van der Waals surface area (Å²) in [5.74, 6) is 1.00. The minimum Gasteiger partial charge on any atom is -0.466 e. The zero-order valence-corrected chi connectivity index (χ0v) is 15.6. The summed E-state index contributed by atoms with van der Waals surface area (Å²) in [6.45, 7) is 5.25. The molecular formula is C24H33NO2. The lowest BCUT2D eigenvalue weighted by Gasteiger charge is -2.36. The largest absolute Gasteiger partial charge is 0.466 e. The second kappa shape index (κ2) is 10.9. The molecule has 2 aromatic carbocycles. The Morgan fingerprint density at radius 3 is 2.00 bits per heavy atom. The number of piperidine rings is 1. The maximum atomic E-state index is 11.6. The summed E-state index contributed by atoms with van der Waals surface area (Å²) in [5, 5.41) is 0. The lowest BCUT2D eigenvalue weighted by Crippen LogP contribution is -2.37. The van der Waals surface area contributed by atoms with Gasteiger partial charge in [-0.3, -0.25) is 4.79 Å². The van der Waals surface area contributed by atoms with Crippen molar-refractivity contribution >= 4 is 5.97 Å². The molecule has 0 unspecified atom stereocenters. The molecule has 0 atom stereocenters. The van der Waals surface area contributed by atoms with Crippen LogP contribution in [-0.2, 0) is 9.53 Å². The van der Waals surface area contributed by atoms with Crippen molar-refractivity contribution in [2.24, 2.45) is 5.92 Å². The molecule has 0 spiro atoms. The van der Waals surface area contributed by atoms with E-state index in [4.69, 9.17) is 4.74 Å². The summed E-state index contributed by atoms with van der Waals surface area (Å²) in [6.07, 6.45) is 2.83. The highest BCUT2D eigenvalue weighted by molar-refractivity contribution is 5.69. The number of benzene rings is 2. The van der Waals surface area contributed by atoms with Crippen LogP contribution in [0.4, 0.5) is 0 Å². The summed E-state index contributed by atoms with van der Waals surface area (Å²) in [7, 11) is 0. The molecule has 3 rings (SSSR count). The fourth-order valence-corrected chi connectivity index (χ4v) is 4.05. The smallest absolute Gasteiger partial charge is 0.307 e. The molecule has 3 heteroatoms. The molecule has 146 valence electrons. The maximum absolute atomic E-state index is 11.6. The van der Waals surface area contributed by atoms with E-state index >= 15 is 0 Å². The standard InChI is InChI=1S/C23H29NO2.CH4/c1-2-26-22(25)15-18-24-16-13-21(14-17-24)23(19-9-5-3-6-10-19)20-11-7-4-8-12-20;/h3-12,21,23H,2,13-18H2,1H3;1H4. The Morgan fingerprint density at radius 1 is 1.00 bits per heavy atom. The number of hydrogen-bond donors (Lipinski definition) is 0. The first kappa shape index (κ1) is 21.2. The Labute approximate surface area is 164 Å². The van der Waals surface area contributed by atoms with Gasteiger partial charge < -0.3 is 9.64 Å². The normalized spacial score (nSPS) is 15.3. The molecule has 0 amide bonds. The fourth-order valence-electron chi connectivity index (χ4n) is 4.05. The molecule has 0 aliphatic carbocycles. The Hall–Kier alpha value is -2.13. The summed E-state index contributed by atoms with van der Waals surface area (Å²) < 4.78 is 5.04. The number of carbonyl (C=O) groups excluding carboxylic acids is 1. The van der Waals surface area contributed by atoms with Gasteiger partial charge >= 0.3 is 5.97 Å².